The van der Waals surface area contributed by atoms with Crippen LogP contribution >= 0.6 is 0 Å². The number of nitrogens with one attached hydrogen (secondary N) is 1. The van der Waals surface area contributed by atoms with Gasteiger partial charge in [0.15, 0.2) is 0 Å². The predicted molar refractivity (Wildman–Crippen MR) is 74.7 cm³/mol. The molecule has 0 saturated heterocycles. The molecule has 0 fully saturated rings. The summed E-state index contributed by atoms with van der Waals surface area (Å²) in [5.41, 5.74) is 3.28. The molecule has 0 unspecified atom stereocenters. The number of nitrogens with zero attached hydrogens (tertiary/aromatic N) is 1. The minimum Gasteiger partial charge on any atom is -0.341 e. The third-order valence-corrected chi connectivity index (χ3v) is 3.48. The highest BCUT2D eigenvalue weighted by Crippen LogP contribution is 2.30. The molecule has 0 saturated carbocycles. The van der Waals surface area contributed by atoms with Crippen LogP contribution in [0.25, 0.3) is 11.0 Å². The molecule has 0 radical (unpaired) electrons. The van der Waals surface area contributed by atoms with Gasteiger partial charge in [0.05, 0.1) is 11.0 Å². The highest BCUT2D eigenvalue weighted by Gasteiger charge is 2.26. The second kappa shape index (κ2) is 3.98. The first-order valence-corrected chi connectivity index (χ1v) is 6.19. The second-order valence-corrected chi connectivity index (χ2v) is 5.09. The lowest BCUT2D eigenvalue weighted by Crippen LogP contribution is -2.20. The lowest BCUT2D eigenvalue weighted by atomic mass is 9.84. The minimum atomic E-state index is -0.111. The van der Waals surface area contributed by atoms with Crippen molar-refractivity contribution in [2.75, 3.05) is 0 Å². The van der Waals surface area contributed by atoms with Gasteiger partial charge in [-0.1, -0.05) is 42.5 Å². The number of H-pyrrole nitrogens is 1. The molecule has 0 aliphatic rings. The zero-order valence-electron chi connectivity index (χ0n) is 10.6. The third-order valence-electron chi connectivity index (χ3n) is 3.48. The number of aromatic nitrogens is 2. The third kappa shape index (κ3) is 1.70. The van der Waals surface area contributed by atoms with Crippen molar-refractivity contribution in [3.05, 3.63) is 66.0 Å². The van der Waals surface area contributed by atoms with Crippen molar-refractivity contribution in [3.63, 3.8) is 0 Å². The molecular weight excluding hydrogens is 220 g/mol. The number of hydrogen-bond acceptors (Lipinski definition) is 1. The Balaban J connectivity index is 2.13. The minimum absolute atomic E-state index is 0.111. The molecule has 1 N–H and O–H groups in total. The van der Waals surface area contributed by atoms with Crippen LogP contribution in [-0.4, -0.2) is 9.97 Å². The molecule has 0 aliphatic heterocycles. The van der Waals surface area contributed by atoms with Crippen LogP contribution in [0, 0.1) is 0 Å². The molecule has 0 bridgehead atoms. The lowest BCUT2D eigenvalue weighted by Gasteiger charge is -2.22. The van der Waals surface area contributed by atoms with Crippen molar-refractivity contribution < 1.29 is 0 Å². The van der Waals surface area contributed by atoms with Crippen molar-refractivity contribution in [2.45, 2.75) is 19.3 Å². The van der Waals surface area contributed by atoms with E-state index in [0.717, 1.165) is 16.9 Å². The number of aromatic amines is 1. The molecule has 0 spiro atoms. The van der Waals surface area contributed by atoms with E-state index in [1.807, 2.05) is 24.3 Å². The van der Waals surface area contributed by atoms with E-state index in [1.165, 1.54) is 5.56 Å². The number of benzene rings is 2. The Morgan fingerprint density at radius 2 is 1.56 bits per heavy atom. The van der Waals surface area contributed by atoms with Gasteiger partial charge < -0.3 is 4.98 Å². The maximum absolute atomic E-state index is 4.71. The molecule has 1 aromatic heterocycles. The molecule has 3 aromatic rings. The number of rotatable bonds is 2. The fraction of sp³-hybridized carbons (Fsp3) is 0.188. The highest BCUT2D eigenvalue weighted by molar-refractivity contribution is 5.75. The van der Waals surface area contributed by atoms with Crippen LogP contribution in [0.1, 0.15) is 25.2 Å². The van der Waals surface area contributed by atoms with Gasteiger partial charge in [-0.15, -0.1) is 0 Å². The number of para-hydroxylation sites is 2. The fourth-order valence-corrected chi connectivity index (χ4v) is 2.24. The van der Waals surface area contributed by atoms with E-state index in [2.05, 4.69) is 49.2 Å². The van der Waals surface area contributed by atoms with Crippen LogP contribution < -0.4 is 0 Å². The van der Waals surface area contributed by atoms with Gasteiger partial charge >= 0.3 is 0 Å². The van der Waals surface area contributed by atoms with Crippen molar-refractivity contribution >= 4 is 11.0 Å². The van der Waals surface area contributed by atoms with E-state index >= 15 is 0 Å². The Hall–Kier alpha value is -2.09. The maximum Gasteiger partial charge on any atom is 0.117 e. The first kappa shape index (κ1) is 11.0. The Kier molecular flexibility index (Phi) is 2.44. The summed E-state index contributed by atoms with van der Waals surface area (Å²) in [6.45, 7) is 4.39. The lowest BCUT2D eigenvalue weighted by molar-refractivity contribution is 0.601. The van der Waals surface area contributed by atoms with Crippen molar-refractivity contribution in [2.24, 2.45) is 0 Å². The molecule has 0 aliphatic carbocycles. The van der Waals surface area contributed by atoms with Crippen LogP contribution in [0.2, 0.25) is 0 Å². The Morgan fingerprint density at radius 1 is 0.889 bits per heavy atom. The fourth-order valence-electron chi connectivity index (χ4n) is 2.24. The molecule has 0 atom stereocenters. The van der Waals surface area contributed by atoms with Crippen LogP contribution in [0.3, 0.4) is 0 Å². The van der Waals surface area contributed by atoms with Crippen LogP contribution in [0.4, 0.5) is 0 Å². The summed E-state index contributed by atoms with van der Waals surface area (Å²) in [4.78, 5) is 8.13. The second-order valence-electron chi connectivity index (χ2n) is 5.09. The van der Waals surface area contributed by atoms with Gasteiger partial charge in [0.25, 0.3) is 0 Å². The average Bonchev–Trinajstić information content (AvgIpc) is 2.84. The first-order valence-electron chi connectivity index (χ1n) is 6.19. The molecule has 2 nitrogen and oxygen atoms in total. The quantitative estimate of drug-likeness (QED) is 0.718. The summed E-state index contributed by atoms with van der Waals surface area (Å²) in [6, 6.07) is 18.6. The molecule has 0 amide bonds. The Bertz CT molecular complexity index is 633. The summed E-state index contributed by atoms with van der Waals surface area (Å²) in [7, 11) is 0. The molecule has 2 heteroatoms. The summed E-state index contributed by atoms with van der Waals surface area (Å²) in [6.07, 6.45) is 0. The van der Waals surface area contributed by atoms with E-state index in [9.17, 15) is 0 Å². The number of imidazole rings is 1. The van der Waals surface area contributed by atoms with E-state index < -0.39 is 0 Å². The monoisotopic (exact) mass is 236 g/mol. The number of fused-ring (bicyclic) bond motifs is 1. The summed E-state index contributed by atoms with van der Waals surface area (Å²) >= 11 is 0. The largest absolute Gasteiger partial charge is 0.341 e. The summed E-state index contributed by atoms with van der Waals surface area (Å²) in [5, 5.41) is 0. The van der Waals surface area contributed by atoms with E-state index in [0.29, 0.717) is 0 Å². The van der Waals surface area contributed by atoms with Gasteiger partial charge in [-0.05, 0) is 31.5 Å². The zero-order valence-corrected chi connectivity index (χ0v) is 10.6. The zero-order chi connectivity index (χ0) is 12.6. The first-order chi connectivity index (χ1) is 8.68. The summed E-state index contributed by atoms with van der Waals surface area (Å²) < 4.78 is 0. The molecule has 1 heterocycles. The predicted octanol–water partition coefficient (Wildman–Crippen LogP) is 3.89. The molecule has 18 heavy (non-hydrogen) atoms. The smallest absolute Gasteiger partial charge is 0.117 e. The van der Waals surface area contributed by atoms with Crippen LogP contribution in [0.5, 0.6) is 0 Å². The number of hydrogen-bond donors (Lipinski definition) is 1. The van der Waals surface area contributed by atoms with Gasteiger partial charge in [-0.25, -0.2) is 4.98 Å². The van der Waals surface area contributed by atoms with E-state index in [1.54, 1.807) is 0 Å². The standard InChI is InChI=1S/C16H16N2/c1-16(2,12-8-4-3-5-9-12)15-17-13-10-6-7-11-14(13)18-15/h3-11H,1-2H3,(H,17,18). The maximum atomic E-state index is 4.71. The van der Waals surface area contributed by atoms with Gasteiger partial charge in [-0.3, -0.25) is 0 Å². The Morgan fingerprint density at radius 3 is 2.28 bits per heavy atom. The van der Waals surface area contributed by atoms with Gasteiger partial charge in [0, 0.05) is 5.41 Å². The van der Waals surface area contributed by atoms with Gasteiger partial charge in [0.1, 0.15) is 5.82 Å². The van der Waals surface area contributed by atoms with Gasteiger partial charge in [-0.2, -0.15) is 0 Å². The Labute approximate surface area is 107 Å². The van der Waals surface area contributed by atoms with Crippen molar-refractivity contribution in [1.82, 2.24) is 9.97 Å². The summed E-state index contributed by atoms with van der Waals surface area (Å²) in [5.74, 6) is 1.01. The van der Waals surface area contributed by atoms with Crippen molar-refractivity contribution in [1.29, 1.82) is 0 Å². The van der Waals surface area contributed by atoms with E-state index in [4.69, 9.17) is 4.98 Å². The molecule has 90 valence electrons. The normalized spacial score (nSPS) is 11.9. The SMILES string of the molecule is CC(C)(c1ccccc1)c1nc2ccccc2[nH]1. The van der Waals surface area contributed by atoms with Crippen molar-refractivity contribution in [3.8, 4) is 0 Å². The topological polar surface area (TPSA) is 28.7 Å². The van der Waals surface area contributed by atoms with E-state index in [-0.39, 0.29) is 5.41 Å². The molecule has 2 aromatic carbocycles. The molecular formula is C16H16N2. The van der Waals surface area contributed by atoms with Gasteiger partial charge in [0.2, 0.25) is 0 Å². The highest BCUT2D eigenvalue weighted by atomic mass is 14.9. The average molecular weight is 236 g/mol. The molecule has 3 rings (SSSR count). The van der Waals surface area contributed by atoms with Crippen LogP contribution in [0.15, 0.2) is 54.6 Å². The van der Waals surface area contributed by atoms with Crippen LogP contribution in [-0.2, 0) is 5.41 Å².